The number of carbonyl (C=O) groups excluding carboxylic acids is 1. The Morgan fingerprint density at radius 3 is 2.22 bits per heavy atom. The van der Waals surface area contributed by atoms with E-state index >= 15 is 0 Å². The van der Waals surface area contributed by atoms with Crippen LogP contribution in [0.5, 0.6) is 0 Å². The van der Waals surface area contributed by atoms with Crippen LogP contribution in [0.3, 0.4) is 0 Å². The fraction of sp³-hybridized carbons (Fsp3) is 0.133. The Kier molecular flexibility index (Phi) is 4.30. The second kappa shape index (κ2) is 5.97. The summed E-state index contributed by atoms with van der Waals surface area (Å²) in [7, 11) is 0. The van der Waals surface area contributed by atoms with E-state index in [9.17, 15) is 22.4 Å². The Morgan fingerprint density at radius 2 is 1.52 bits per heavy atom. The fourth-order valence-electron chi connectivity index (χ4n) is 1.90. The van der Waals surface area contributed by atoms with E-state index in [-0.39, 0.29) is 25.8 Å². The van der Waals surface area contributed by atoms with Crippen molar-refractivity contribution in [2.45, 2.75) is 14.1 Å². The molecule has 2 nitrogen and oxygen atoms in total. The number of carbonyl (C=O) groups is 1. The molecule has 1 heterocycles. The number of alkyl halides is 5. The van der Waals surface area contributed by atoms with Crippen molar-refractivity contribution in [3.63, 3.8) is 0 Å². The Labute approximate surface area is 141 Å². The quantitative estimate of drug-likeness (QED) is 0.266. The second-order valence-electron chi connectivity index (χ2n) is 4.52. The molecule has 0 saturated carbocycles. The van der Waals surface area contributed by atoms with Crippen molar-refractivity contribution < 1.29 is 25.4 Å². The van der Waals surface area contributed by atoms with Gasteiger partial charge in [-0.2, -0.15) is 0 Å². The average molecular weight is 456 g/mol. The van der Waals surface area contributed by atoms with Gasteiger partial charge < -0.3 is 0 Å². The zero-order chi connectivity index (χ0) is 16.7. The van der Waals surface area contributed by atoms with Gasteiger partial charge in [0.05, 0.1) is 0 Å². The van der Waals surface area contributed by atoms with Crippen molar-refractivity contribution in [3.05, 3.63) is 63.7 Å². The molecule has 0 aromatic heterocycles. The standard InChI is InChI=1S/C15H9F4IO2S/c16-14(17,15(18,19)23-10-6-2-1-3-7-10)20-12-9-5-4-8-11(12)13(21)22-20/h1-9H. The van der Waals surface area contributed by atoms with E-state index in [0.29, 0.717) is 0 Å². The van der Waals surface area contributed by atoms with Gasteiger partial charge in [-0.1, -0.05) is 0 Å². The van der Waals surface area contributed by atoms with Gasteiger partial charge in [-0.25, -0.2) is 0 Å². The number of fused-ring (bicyclic) bond motifs is 1. The summed E-state index contributed by atoms with van der Waals surface area (Å²) in [6.45, 7) is 0. The Hall–Kier alpha value is -1.29. The van der Waals surface area contributed by atoms with E-state index in [2.05, 4.69) is 0 Å². The van der Waals surface area contributed by atoms with Crippen LogP contribution in [0.2, 0.25) is 0 Å². The monoisotopic (exact) mass is 456 g/mol. The number of thioether (sulfide) groups is 1. The first kappa shape index (κ1) is 16.6. The summed E-state index contributed by atoms with van der Waals surface area (Å²) < 4.78 is 57.6. The van der Waals surface area contributed by atoms with E-state index in [1.54, 1.807) is 6.07 Å². The van der Waals surface area contributed by atoms with Gasteiger partial charge in [-0.15, -0.1) is 0 Å². The van der Waals surface area contributed by atoms with Gasteiger partial charge in [0.25, 0.3) is 0 Å². The maximum atomic E-state index is 14.5. The molecule has 122 valence electrons. The molecule has 0 amide bonds. The van der Waals surface area contributed by atoms with Crippen molar-refractivity contribution in [1.82, 2.24) is 0 Å². The molecule has 8 heteroatoms. The molecule has 1 aliphatic heterocycles. The molecular formula is C15H9F4IO2S. The first-order valence-corrected chi connectivity index (χ1v) is 10.2. The number of hydrogen-bond acceptors (Lipinski definition) is 3. The predicted molar refractivity (Wildman–Crippen MR) is 86.8 cm³/mol. The molecule has 23 heavy (non-hydrogen) atoms. The van der Waals surface area contributed by atoms with E-state index in [0.717, 1.165) is 0 Å². The third kappa shape index (κ3) is 2.93. The van der Waals surface area contributed by atoms with E-state index < -0.39 is 35.4 Å². The van der Waals surface area contributed by atoms with Crippen molar-refractivity contribution in [2.24, 2.45) is 0 Å². The average Bonchev–Trinajstić information content (AvgIpc) is 2.86. The molecule has 1 aliphatic rings. The molecule has 0 fully saturated rings. The zero-order valence-corrected chi connectivity index (χ0v) is 14.3. The minimum atomic E-state index is -4.40. The Morgan fingerprint density at radius 1 is 0.913 bits per heavy atom. The molecule has 0 N–H and O–H groups in total. The van der Waals surface area contributed by atoms with Crippen LogP contribution >= 0.6 is 32.0 Å². The maximum absolute atomic E-state index is 14.5. The molecule has 0 aliphatic carbocycles. The summed E-state index contributed by atoms with van der Waals surface area (Å²) in [5, 5.41) is -4.38. The van der Waals surface area contributed by atoms with E-state index in [1.807, 2.05) is 0 Å². The van der Waals surface area contributed by atoms with Crippen molar-refractivity contribution >= 4 is 38.0 Å². The molecule has 0 spiro atoms. The SMILES string of the molecule is O=C1OI(C(F)(F)C(F)(F)Sc2ccccc2)c2ccccc21. The van der Waals surface area contributed by atoms with Crippen LogP contribution in [0.15, 0.2) is 59.5 Å². The number of halogens is 5. The van der Waals surface area contributed by atoms with Gasteiger partial charge in [0, 0.05) is 0 Å². The summed E-state index contributed by atoms with van der Waals surface area (Å²) in [4.78, 5) is 11.7. The normalized spacial score (nSPS) is 16.2. The predicted octanol–water partition coefficient (Wildman–Crippen LogP) is 5.43. The summed E-state index contributed by atoms with van der Waals surface area (Å²) in [6.07, 6.45) is 0. The zero-order valence-electron chi connectivity index (χ0n) is 11.3. The van der Waals surface area contributed by atoms with Crippen LogP contribution in [0.4, 0.5) is 17.6 Å². The van der Waals surface area contributed by atoms with Gasteiger partial charge in [-0.3, -0.25) is 0 Å². The van der Waals surface area contributed by atoms with Crippen molar-refractivity contribution in [2.75, 3.05) is 0 Å². The van der Waals surface area contributed by atoms with Crippen LogP contribution < -0.4 is 0 Å². The van der Waals surface area contributed by atoms with Gasteiger partial charge in [0.2, 0.25) is 0 Å². The summed E-state index contributed by atoms with van der Waals surface area (Å²) in [6, 6.07) is 12.7. The van der Waals surface area contributed by atoms with E-state index in [4.69, 9.17) is 3.07 Å². The van der Waals surface area contributed by atoms with Gasteiger partial charge in [0.15, 0.2) is 0 Å². The Balaban J connectivity index is 1.93. The molecule has 0 unspecified atom stereocenters. The molecule has 0 radical (unpaired) electrons. The molecule has 3 rings (SSSR count). The molecule has 0 saturated heterocycles. The van der Waals surface area contributed by atoms with Crippen molar-refractivity contribution in [1.29, 1.82) is 0 Å². The van der Waals surface area contributed by atoms with Crippen LogP contribution in [-0.2, 0) is 3.07 Å². The first-order valence-electron chi connectivity index (χ1n) is 6.34. The van der Waals surface area contributed by atoms with Crippen LogP contribution in [0.25, 0.3) is 0 Å². The fourth-order valence-corrected chi connectivity index (χ4v) is 7.32. The van der Waals surface area contributed by atoms with Gasteiger partial charge >= 0.3 is 141 Å². The number of rotatable bonds is 4. The third-order valence-electron chi connectivity index (χ3n) is 2.96. The van der Waals surface area contributed by atoms with Crippen LogP contribution in [0.1, 0.15) is 10.4 Å². The molecule has 0 bridgehead atoms. The topological polar surface area (TPSA) is 26.3 Å². The van der Waals surface area contributed by atoms with Gasteiger partial charge in [-0.05, 0) is 0 Å². The molecule has 2 aromatic rings. The third-order valence-corrected chi connectivity index (χ3v) is 9.09. The molecule has 0 atom stereocenters. The Bertz CT molecular complexity index is 739. The van der Waals surface area contributed by atoms with Crippen LogP contribution in [0, 0.1) is 3.57 Å². The minimum absolute atomic E-state index is 0.0202. The number of hydrogen-bond donors (Lipinski definition) is 0. The number of benzene rings is 2. The van der Waals surface area contributed by atoms with Gasteiger partial charge in [0.1, 0.15) is 0 Å². The summed E-state index contributed by atoms with van der Waals surface area (Å²) in [5.41, 5.74) is -0.0436. The summed E-state index contributed by atoms with van der Waals surface area (Å²) >= 11 is -4.40. The second-order valence-corrected chi connectivity index (χ2v) is 10.1. The summed E-state index contributed by atoms with van der Waals surface area (Å²) in [5.74, 6) is -0.953. The molecule has 2 aromatic carbocycles. The van der Waals surface area contributed by atoms with Crippen molar-refractivity contribution in [3.8, 4) is 0 Å². The van der Waals surface area contributed by atoms with E-state index in [1.165, 1.54) is 48.5 Å². The van der Waals surface area contributed by atoms with Crippen LogP contribution in [-0.4, -0.2) is 15.2 Å². The molecular weight excluding hydrogens is 447 g/mol. The first-order chi connectivity index (χ1) is 10.8.